The van der Waals surface area contributed by atoms with Gasteiger partial charge in [0, 0.05) is 11.1 Å². The lowest BCUT2D eigenvalue weighted by Gasteiger charge is -2.18. The molecule has 0 fully saturated rings. The summed E-state index contributed by atoms with van der Waals surface area (Å²) >= 11 is 0. The third kappa shape index (κ3) is 3.47. The highest BCUT2D eigenvalue weighted by Gasteiger charge is 2.38. The van der Waals surface area contributed by atoms with Crippen LogP contribution in [0.2, 0.25) is 0 Å². The fourth-order valence-corrected chi connectivity index (χ4v) is 2.21. The summed E-state index contributed by atoms with van der Waals surface area (Å²) in [5.74, 6) is 0. The van der Waals surface area contributed by atoms with E-state index in [1.165, 1.54) is 0 Å². The maximum Gasteiger partial charge on any atom is 0.417 e. The summed E-state index contributed by atoms with van der Waals surface area (Å²) in [6.07, 6.45) is -9.58. The molecule has 0 bridgehead atoms. The fourth-order valence-electron chi connectivity index (χ4n) is 2.21. The van der Waals surface area contributed by atoms with Crippen LogP contribution < -0.4 is 0 Å². The lowest BCUT2D eigenvalue weighted by atomic mass is 9.92. The third-order valence-electron chi connectivity index (χ3n) is 3.26. The van der Waals surface area contributed by atoms with E-state index in [9.17, 15) is 35.9 Å². The zero-order valence-electron chi connectivity index (χ0n) is 11.7. The van der Waals surface area contributed by atoms with Gasteiger partial charge in [-0.2, -0.15) is 26.3 Å². The first-order chi connectivity index (χ1) is 11.1. The highest BCUT2D eigenvalue weighted by Crippen LogP contribution is 2.43. The van der Waals surface area contributed by atoms with Crippen LogP contribution in [0.3, 0.4) is 0 Å². The van der Waals surface area contributed by atoms with E-state index in [-0.39, 0.29) is 23.7 Å². The van der Waals surface area contributed by atoms with Gasteiger partial charge >= 0.3 is 12.4 Å². The van der Waals surface area contributed by atoms with Gasteiger partial charge in [0.25, 0.3) is 0 Å². The van der Waals surface area contributed by atoms with Gasteiger partial charge in [-0.15, -0.1) is 0 Å². The first kappa shape index (κ1) is 17.7. The van der Waals surface area contributed by atoms with Crippen LogP contribution in [0.1, 0.15) is 31.8 Å². The normalized spacial score (nSPS) is 12.1. The standard InChI is InChI=1S/C16H8F6O2/c17-15(18,19)13-5-9(7-23)1-3-11(13)12-4-2-10(8-24)6-14(12)16(20,21)22/h1-8H. The first-order valence-corrected chi connectivity index (χ1v) is 6.41. The molecule has 0 unspecified atom stereocenters. The summed E-state index contributed by atoms with van der Waals surface area (Å²) in [5.41, 5.74) is -4.81. The summed E-state index contributed by atoms with van der Waals surface area (Å²) in [4.78, 5) is 21.3. The van der Waals surface area contributed by atoms with Crippen molar-refractivity contribution in [2.24, 2.45) is 0 Å². The van der Waals surface area contributed by atoms with Crippen molar-refractivity contribution in [3.8, 4) is 11.1 Å². The highest BCUT2D eigenvalue weighted by atomic mass is 19.4. The molecule has 2 aromatic carbocycles. The smallest absolute Gasteiger partial charge is 0.298 e. The monoisotopic (exact) mass is 346 g/mol. The zero-order valence-corrected chi connectivity index (χ0v) is 11.7. The van der Waals surface area contributed by atoms with E-state index in [4.69, 9.17) is 0 Å². The highest BCUT2D eigenvalue weighted by molar-refractivity contribution is 5.82. The van der Waals surface area contributed by atoms with E-state index < -0.39 is 34.6 Å². The van der Waals surface area contributed by atoms with Gasteiger partial charge in [0.15, 0.2) is 0 Å². The molecule has 2 rings (SSSR count). The summed E-state index contributed by atoms with van der Waals surface area (Å²) < 4.78 is 79.0. The minimum atomic E-state index is -4.96. The Hall–Kier alpha value is -2.64. The van der Waals surface area contributed by atoms with Crippen LogP contribution in [0.4, 0.5) is 26.3 Å². The molecule has 2 nitrogen and oxygen atoms in total. The van der Waals surface area contributed by atoms with Crippen molar-refractivity contribution >= 4 is 12.6 Å². The van der Waals surface area contributed by atoms with Crippen LogP contribution >= 0.6 is 0 Å². The van der Waals surface area contributed by atoms with Crippen molar-refractivity contribution < 1.29 is 35.9 Å². The van der Waals surface area contributed by atoms with Gasteiger partial charge in [0.05, 0.1) is 11.1 Å². The van der Waals surface area contributed by atoms with Crippen LogP contribution in [0.5, 0.6) is 0 Å². The Bertz CT molecular complexity index is 723. The van der Waals surface area contributed by atoms with E-state index in [0.717, 1.165) is 24.3 Å². The molecule has 0 aliphatic heterocycles. The van der Waals surface area contributed by atoms with Crippen LogP contribution in [-0.4, -0.2) is 12.6 Å². The Morgan fingerprint density at radius 2 is 0.958 bits per heavy atom. The number of hydrogen-bond donors (Lipinski definition) is 0. The van der Waals surface area contributed by atoms with Gasteiger partial charge in [-0.05, 0) is 23.3 Å². The second kappa shape index (κ2) is 6.10. The van der Waals surface area contributed by atoms with E-state index in [0.29, 0.717) is 12.1 Å². The second-order valence-electron chi connectivity index (χ2n) is 4.84. The molecule has 0 atom stereocenters. The maximum atomic E-state index is 13.2. The van der Waals surface area contributed by atoms with Gasteiger partial charge in [-0.3, -0.25) is 9.59 Å². The molecule has 0 spiro atoms. The van der Waals surface area contributed by atoms with Gasteiger partial charge in [-0.25, -0.2) is 0 Å². The minimum Gasteiger partial charge on any atom is -0.298 e. The third-order valence-corrected chi connectivity index (χ3v) is 3.26. The molecule has 0 radical (unpaired) electrons. The first-order valence-electron chi connectivity index (χ1n) is 6.41. The Kier molecular flexibility index (Phi) is 4.50. The number of carbonyl (C=O) groups excluding carboxylic acids is 2. The van der Waals surface area contributed by atoms with Gasteiger partial charge in [0.1, 0.15) is 12.6 Å². The van der Waals surface area contributed by atoms with Crippen LogP contribution in [-0.2, 0) is 12.4 Å². The van der Waals surface area contributed by atoms with Gasteiger partial charge in [-0.1, -0.05) is 24.3 Å². The number of rotatable bonds is 3. The molecular formula is C16H8F6O2. The molecule has 0 saturated heterocycles. The van der Waals surface area contributed by atoms with Crippen molar-refractivity contribution in [2.45, 2.75) is 12.4 Å². The molecule has 0 saturated carbocycles. The maximum absolute atomic E-state index is 13.2. The van der Waals surface area contributed by atoms with Crippen molar-refractivity contribution in [3.63, 3.8) is 0 Å². The Labute approximate surface area is 131 Å². The van der Waals surface area contributed by atoms with Crippen molar-refractivity contribution in [3.05, 3.63) is 58.7 Å². The van der Waals surface area contributed by atoms with Crippen LogP contribution in [0.25, 0.3) is 11.1 Å². The summed E-state index contributed by atoms with van der Waals surface area (Å²) in [7, 11) is 0. The Morgan fingerprint density at radius 3 is 1.21 bits per heavy atom. The largest absolute Gasteiger partial charge is 0.417 e. The molecule has 0 aliphatic rings. The second-order valence-corrected chi connectivity index (χ2v) is 4.84. The number of aldehydes is 2. The molecule has 126 valence electrons. The van der Waals surface area contributed by atoms with E-state index in [2.05, 4.69) is 0 Å². The number of carbonyl (C=O) groups is 2. The minimum absolute atomic E-state index is 0.166. The molecule has 0 aromatic heterocycles. The number of benzene rings is 2. The van der Waals surface area contributed by atoms with Crippen LogP contribution in [0, 0.1) is 0 Å². The molecule has 0 aliphatic carbocycles. The quantitative estimate of drug-likeness (QED) is 0.578. The average Bonchev–Trinajstić information content (AvgIpc) is 2.52. The molecule has 8 heteroatoms. The average molecular weight is 346 g/mol. The lowest BCUT2D eigenvalue weighted by Crippen LogP contribution is -2.12. The predicted octanol–water partition coefficient (Wildman–Crippen LogP) is 5.02. The molecular weight excluding hydrogens is 338 g/mol. The summed E-state index contributed by atoms with van der Waals surface area (Å²) in [5, 5.41) is 0. The lowest BCUT2D eigenvalue weighted by molar-refractivity contribution is -0.139. The molecule has 0 amide bonds. The summed E-state index contributed by atoms with van der Waals surface area (Å²) in [6, 6.07) is 4.55. The SMILES string of the molecule is O=Cc1ccc(-c2ccc(C=O)cc2C(F)(F)F)c(C(F)(F)F)c1. The van der Waals surface area contributed by atoms with Crippen molar-refractivity contribution in [1.82, 2.24) is 0 Å². The number of alkyl halides is 6. The molecule has 0 N–H and O–H groups in total. The fraction of sp³-hybridized carbons (Fsp3) is 0.125. The summed E-state index contributed by atoms with van der Waals surface area (Å²) in [6.45, 7) is 0. The van der Waals surface area contributed by atoms with Crippen molar-refractivity contribution in [2.75, 3.05) is 0 Å². The van der Waals surface area contributed by atoms with Gasteiger partial charge in [0.2, 0.25) is 0 Å². The molecule has 0 heterocycles. The number of hydrogen-bond acceptors (Lipinski definition) is 2. The van der Waals surface area contributed by atoms with E-state index in [1.807, 2.05) is 0 Å². The number of halogens is 6. The predicted molar refractivity (Wildman–Crippen MR) is 72.7 cm³/mol. The van der Waals surface area contributed by atoms with Crippen LogP contribution in [0.15, 0.2) is 36.4 Å². The molecule has 24 heavy (non-hydrogen) atoms. The molecule has 2 aromatic rings. The Morgan fingerprint density at radius 1 is 0.625 bits per heavy atom. The van der Waals surface area contributed by atoms with Gasteiger partial charge < -0.3 is 0 Å². The van der Waals surface area contributed by atoms with E-state index >= 15 is 0 Å². The van der Waals surface area contributed by atoms with Crippen molar-refractivity contribution in [1.29, 1.82) is 0 Å². The topological polar surface area (TPSA) is 34.1 Å². The zero-order chi connectivity index (χ0) is 18.1. The van der Waals surface area contributed by atoms with E-state index in [1.54, 1.807) is 0 Å². The Balaban J connectivity index is 2.81.